The Labute approximate surface area is 424 Å². The molecule has 0 saturated carbocycles. The van der Waals surface area contributed by atoms with E-state index in [2.05, 4.69) is 62.5 Å². The molecule has 0 spiro atoms. The fourth-order valence-electron chi connectivity index (χ4n) is 9.34. The highest BCUT2D eigenvalue weighted by Crippen LogP contribution is 2.19. The van der Waals surface area contributed by atoms with E-state index in [0.717, 1.165) is 64.2 Å². The fourth-order valence-corrected chi connectivity index (χ4v) is 9.34. The number of allylic oxidation sites excluding steroid dienone is 6. The predicted molar refractivity (Wildman–Crippen MR) is 296 cm³/mol. The van der Waals surface area contributed by atoms with Gasteiger partial charge in [-0.05, 0) is 83.5 Å². The molecule has 0 rings (SSSR count). The van der Waals surface area contributed by atoms with Crippen molar-refractivity contribution in [2.24, 2.45) is 0 Å². The Hall–Kier alpha value is -1.92. The Morgan fingerprint density at radius 3 is 1.18 bits per heavy atom. The van der Waals surface area contributed by atoms with Gasteiger partial charge in [0.15, 0.2) is 0 Å². The molecule has 0 aliphatic heterocycles. The van der Waals surface area contributed by atoms with Gasteiger partial charge in [0.2, 0.25) is 5.91 Å². The first-order valence-corrected chi connectivity index (χ1v) is 30.2. The Bertz CT molecular complexity index is 1120. The lowest BCUT2D eigenvalue weighted by atomic mass is 10.0. The van der Waals surface area contributed by atoms with Gasteiger partial charge < -0.3 is 20.3 Å². The van der Waals surface area contributed by atoms with Gasteiger partial charge in [-0.3, -0.25) is 9.59 Å². The summed E-state index contributed by atoms with van der Waals surface area (Å²) in [6.45, 7) is 6.49. The van der Waals surface area contributed by atoms with Gasteiger partial charge in [0.25, 0.3) is 0 Å². The first-order valence-electron chi connectivity index (χ1n) is 30.2. The van der Waals surface area contributed by atoms with Gasteiger partial charge in [-0.1, -0.05) is 263 Å². The maximum absolute atomic E-state index is 13.3. The minimum absolute atomic E-state index is 0.0737. The van der Waals surface area contributed by atoms with E-state index >= 15 is 0 Å². The van der Waals surface area contributed by atoms with Crippen molar-refractivity contribution in [3.63, 3.8) is 0 Å². The molecule has 0 aliphatic carbocycles. The SMILES string of the molecule is CCCCC/C=C\C/C=C\CCCCCCCCCC(CC(=O)NC(CO)C(O)CCCCCCCCCCCCCCCCCCC)OC(=O)CCCCCCCCC/C=C\CCCCCC. The largest absolute Gasteiger partial charge is 0.462 e. The lowest BCUT2D eigenvalue weighted by Gasteiger charge is -2.24. The topological polar surface area (TPSA) is 95.9 Å². The molecule has 68 heavy (non-hydrogen) atoms. The van der Waals surface area contributed by atoms with Gasteiger partial charge in [0.05, 0.1) is 25.2 Å². The molecule has 0 aliphatic rings. The van der Waals surface area contributed by atoms with Gasteiger partial charge in [-0.2, -0.15) is 0 Å². The monoisotopic (exact) mass is 956 g/mol. The minimum atomic E-state index is -0.790. The predicted octanol–water partition coefficient (Wildman–Crippen LogP) is 18.8. The molecule has 6 heteroatoms. The maximum atomic E-state index is 13.3. The van der Waals surface area contributed by atoms with E-state index in [1.807, 2.05) is 0 Å². The summed E-state index contributed by atoms with van der Waals surface area (Å²) in [5, 5.41) is 23.9. The van der Waals surface area contributed by atoms with Gasteiger partial charge >= 0.3 is 5.97 Å². The average Bonchev–Trinajstić information content (AvgIpc) is 3.33. The van der Waals surface area contributed by atoms with Gasteiger partial charge in [0.1, 0.15) is 6.10 Å². The van der Waals surface area contributed by atoms with Crippen molar-refractivity contribution in [1.29, 1.82) is 0 Å². The molecule has 0 aromatic carbocycles. The first-order chi connectivity index (χ1) is 33.5. The molecule has 3 N–H and O–H groups in total. The van der Waals surface area contributed by atoms with Crippen LogP contribution < -0.4 is 5.32 Å². The first kappa shape index (κ1) is 66.1. The molecule has 0 fully saturated rings. The van der Waals surface area contributed by atoms with Crippen LogP contribution in [0.15, 0.2) is 36.5 Å². The summed E-state index contributed by atoms with van der Waals surface area (Å²) < 4.78 is 5.97. The summed E-state index contributed by atoms with van der Waals surface area (Å²) in [4.78, 5) is 26.3. The maximum Gasteiger partial charge on any atom is 0.306 e. The van der Waals surface area contributed by atoms with E-state index < -0.39 is 18.2 Å². The van der Waals surface area contributed by atoms with Crippen LogP contribution in [0.5, 0.6) is 0 Å². The summed E-state index contributed by atoms with van der Waals surface area (Å²) in [5.74, 6) is -0.471. The fraction of sp³-hybridized carbons (Fsp3) is 0.871. The number of aliphatic hydroxyl groups is 2. The number of rotatable bonds is 55. The quantitative estimate of drug-likeness (QED) is 0.0321. The molecule has 0 bridgehead atoms. The van der Waals surface area contributed by atoms with Crippen molar-refractivity contribution < 1.29 is 24.5 Å². The molecule has 0 radical (unpaired) electrons. The normalized spacial score (nSPS) is 13.3. The number of ether oxygens (including phenoxy) is 1. The highest BCUT2D eigenvalue weighted by Gasteiger charge is 2.24. The minimum Gasteiger partial charge on any atom is -0.462 e. The lowest BCUT2D eigenvalue weighted by Crippen LogP contribution is -2.46. The third kappa shape index (κ3) is 50.5. The lowest BCUT2D eigenvalue weighted by molar-refractivity contribution is -0.151. The molecule has 0 aromatic heterocycles. The Morgan fingerprint density at radius 2 is 0.750 bits per heavy atom. The van der Waals surface area contributed by atoms with Crippen LogP contribution in [0.1, 0.15) is 323 Å². The number of unbranched alkanes of at least 4 members (excludes halogenated alkanes) is 37. The summed E-state index contributed by atoms with van der Waals surface area (Å²) in [6.07, 6.45) is 67.8. The number of hydrogen-bond acceptors (Lipinski definition) is 5. The zero-order valence-corrected chi connectivity index (χ0v) is 45.8. The number of aliphatic hydroxyl groups excluding tert-OH is 2. The second kappa shape index (κ2) is 56.0. The molecular weight excluding hydrogens is 839 g/mol. The number of amides is 1. The van der Waals surface area contributed by atoms with E-state index in [9.17, 15) is 19.8 Å². The third-order valence-corrected chi connectivity index (χ3v) is 13.9. The number of hydrogen-bond donors (Lipinski definition) is 3. The van der Waals surface area contributed by atoms with Crippen molar-refractivity contribution >= 4 is 11.9 Å². The van der Waals surface area contributed by atoms with Crippen molar-refractivity contribution in [3.8, 4) is 0 Å². The molecule has 0 heterocycles. The molecule has 400 valence electrons. The van der Waals surface area contributed by atoms with Crippen molar-refractivity contribution in [3.05, 3.63) is 36.5 Å². The van der Waals surface area contributed by atoms with Crippen LogP contribution in [0, 0.1) is 0 Å². The van der Waals surface area contributed by atoms with Crippen molar-refractivity contribution in [2.75, 3.05) is 6.61 Å². The van der Waals surface area contributed by atoms with Crippen LogP contribution in [-0.4, -0.2) is 46.9 Å². The number of carbonyl (C=O) groups excluding carboxylic acids is 2. The van der Waals surface area contributed by atoms with Gasteiger partial charge in [-0.15, -0.1) is 0 Å². The van der Waals surface area contributed by atoms with E-state index in [0.29, 0.717) is 19.3 Å². The standard InChI is InChI=1S/C62H117NO5/c1-4-7-10-13-16-19-22-25-28-30-33-35-38-41-44-47-50-53-58(68-62(67)55-52-49-46-43-40-37-32-27-24-21-18-15-12-9-6-3)56-61(66)63-59(57-64)60(65)54-51-48-45-42-39-36-34-31-29-26-23-20-17-14-11-8-5-2/h16,19,21,24-25,28,58-60,64-65H,4-15,17-18,20,22-23,26-27,29-57H2,1-3H3,(H,63,66)/b19-16-,24-21-,28-25-. The second-order valence-corrected chi connectivity index (χ2v) is 20.7. The highest BCUT2D eigenvalue weighted by atomic mass is 16.5. The smallest absolute Gasteiger partial charge is 0.306 e. The van der Waals surface area contributed by atoms with Crippen molar-refractivity contribution in [1.82, 2.24) is 5.32 Å². The summed E-state index contributed by atoms with van der Waals surface area (Å²) in [7, 11) is 0. The van der Waals surface area contributed by atoms with E-state index in [4.69, 9.17) is 4.74 Å². The van der Waals surface area contributed by atoms with E-state index in [1.165, 1.54) is 212 Å². The van der Waals surface area contributed by atoms with Crippen LogP contribution in [0.4, 0.5) is 0 Å². The molecule has 1 amide bonds. The van der Waals surface area contributed by atoms with Gasteiger partial charge in [-0.25, -0.2) is 0 Å². The summed E-state index contributed by atoms with van der Waals surface area (Å²) in [6, 6.07) is -0.704. The molecule has 3 atom stereocenters. The average molecular weight is 957 g/mol. The molecule has 0 aromatic rings. The number of esters is 1. The molecule has 0 saturated heterocycles. The molecule has 6 nitrogen and oxygen atoms in total. The Morgan fingerprint density at radius 1 is 0.426 bits per heavy atom. The zero-order valence-electron chi connectivity index (χ0n) is 45.8. The van der Waals surface area contributed by atoms with E-state index in [-0.39, 0.29) is 24.9 Å². The second-order valence-electron chi connectivity index (χ2n) is 20.7. The van der Waals surface area contributed by atoms with Gasteiger partial charge in [0, 0.05) is 6.42 Å². The summed E-state index contributed by atoms with van der Waals surface area (Å²) >= 11 is 0. The molecular formula is C62H117NO5. The van der Waals surface area contributed by atoms with Crippen LogP contribution in [0.3, 0.4) is 0 Å². The van der Waals surface area contributed by atoms with E-state index in [1.54, 1.807) is 0 Å². The highest BCUT2D eigenvalue weighted by molar-refractivity contribution is 5.77. The van der Waals surface area contributed by atoms with Crippen LogP contribution in [-0.2, 0) is 14.3 Å². The van der Waals surface area contributed by atoms with Crippen LogP contribution in [0.2, 0.25) is 0 Å². The van der Waals surface area contributed by atoms with Crippen LogP contribution >= 0.6 is 0 Å². The summed E-state index contributed by atoms with van der Waals surface area (Å²) in [5.41, 5.74) is 0. The third-order valence-electron chi connectivity index (χ3n) is 13.9. The molecule has 3 unspecified atom stereocenters. The van der Waals surface area contributed by atoms with Crippen molar-refractivity contribution in [2.45, 2.75) is 341 Å². The number of carbonyl (C=O) groups is 2. The Kier molecular flexibility index (Phi) is 54.4. The zero-order chi connectivity index (χ0) is 49.5. The number of nitrogens with one attached hydrogen (secondary N) is 1. The Balaban J connectivity index is 4.53. The van der Waals surface area contributed by atoms with Crippen LogP contribution in [0.25, 0.3) is 0 Å².